The van der Waals surface area contributed by atoms with Crippen molar-refractivity contribution in [1.29, 1.82) is 0 Å². The van der Waals surface area contributed by atoms with Crippen molar-refractivity contribution in [1.82, 2.24) is 4.98 Å². The molecule has 0 bridgehead atoms. The van der Waals surface area contributed by atoms with E-state index in [9.17, 15) is 18.0 Å². The van der Waals surface area contributed by atoms with Gasteiger partial charge < -0.3 is 14.3 Å². The van der Waals surface area contributed by atoms with Gasteiger partial charge in [0.25, 0.3) is 0 Å². The van der Waals surface area contributed by atoms with Gasteiger partial charge in [-0.05, 0) is 44.4 Å². The van der Waals surface area contributed by atoms with Gasteiger partial charge in [-0.2, -0.15) is 13.2 Å². The van der Waals surface area contributed by atoms with Crippen molar-refractivity contribution in [3.05, 3.63) is 46.6 Å². The fourth-order valence-electron chi connectivity index (χ4n) is 2.32. The Labute approximate surface area is 160 Å². The third kappa shape index (κ3) is 6.13. The van der Waals surface area contributed by atoms with Gasteiger partial charge in [-0.1, -0.05) is 17.7 Å². The molecule has 0 fully saturated rings. The maximum Gasteiger partial charge on any atom is 0.417 e. The van der Waals surface area contributed by atoms with Crippen LogP contribution in [0.2, 0.25) is 5.02 Å². The maximum absolute atomic E-state index is 12.8. The number of rotatable bonds is 8. The number of carbonyl (C=O) groups excluding carboxylic acids is 1. The monoisotopic (exact) mass is 401 g/mol. The molecule has 0 unspecified atom stereocenters. The predicted molar refractivity (Wildman–Crippen MR) is 95.5 cm³/mol. The lowest BCUT2D eigenvalue weighted by molar-refractivity contribution is -0.137. The second-order valence-electron chi connectivity index (χ2n) is 6.11. The smallest absolute Gasteiger partial charge is 0.417 e. The van der Waals surface area contributed by atoms with E-state index in [1.54, 1.807) is 18.2 Å². The zero-order valence-corrected chi connectivity index (χ0v) is 15.6. The molecule has 0 aliphatic carbocycles. The van der Waals surface area contributed by atoms with Crippen molar-refractivity contribution in [2.75, 3.05) is 0 Å². The Hall–Kier alpha value is -2.28. The number of nitrogens with zero attached hydrogens (tertiary/aromatic N) is 1. The van der Waals surface area contributed by atoms with Crippen LogP contribution in [0, 0.1) is 0 Å². The van der Waals surface area contributed by atoms with Crippen molar-refractivity contribution in [3.8, 4) is 17.4 Å². The molecule has 2 aromatic rings. The molecule has 0 amide bonds. The average molecular weight is 402 g/mol. The summed E-state index contributed by atoms with van der Waals surface area (Å²) in [6.07, 6.45) is -1.56. The summed E-state index contributed by atoms with van der Waals surface area (Å²) in [5.41, 5.74) is -0.186. The Bertz CT molecular complexity index is 794. The zero-order chi connectivity index (χ0) is 20.0. The van der Waals surface area contributed by atoms with Crippen LogP contribution in [0.3, 0.4) is 0 Å². The van der Waals surface area contributed by atoms with Gasteiger partial charge in [0.2, 0.25) is 5.88 Å². The first-order valence-electron chi connectivity index (χ1n) is 8.34. The summed E-state index contributed by atoms with van der Waals surface area (Å²) in [6.45, 7) is 3.74. The number of aldehydes is 1. The first-order valence-corrected chi connectivity index (χ1v) is 8.72. The van der Waals surface area contributed by atoms with Crippen LogP contribution in [0.15, 0.2) is 30.5 Å². The van der Waals surface area contributed by atoms with E-state index in [1.165, 1.54) is 0 Å². The van der Waals surface area contributed by atoms with Crippen LogP contribution in [0.25, 0.3) is 0 Å². The number of ether oxygens (including phenoxy) is 2. The summed E-state index contributed by atoms with van der Waals surface area (Å²) in [5.74, 6) is 0.776. The molecule has 0 atom stereocenters. The largest absolute Gasteiger partial charge is 0.491 e. The Kier molecular flexibility index (Phi) is 7.07. The van der Waals surface area contributed by atoms with Crippen molar-refractivity contribution in [2.24, 2.45) is 0 Å². The molecule has 1 aromatic carbocycles. The van der Waals surface area contributed by atoms with Gasteiger partial charge in [-0.15, -0.1) is 0 Å². The number of benzene rings is 1. The maximum atomic E-state index is 12.8. The average Bonchev–Trinajstić information content (AvgIpc) is 2.57. The third-order valence-corrected chi connectivity index (χ3v) is 3.79. The molecular formula is C19H19ClF3NO3. The molecule has 146 valence electrons. The number of hydrogen-bond donors (Lipinski definition) is 0. The fraction of sp³-hybridized carbons (Fsp3) is 0.368. The zero-order valence-electron chi connectivity index (χ0n) is 14.8. The molecule has 0 saturated heterocycles. The molecule has 0 radical (unpaired) electrons. The second kappa shape index (κ2) is 9.08. The minimum Gasteiger partial charge on any atom is -0.491 e. The lowest BCUT2D eigenvalue weighted by Crippen LogP contribution is -2.07. The van der Waals surface area contributed by atoms with E-state index in [1.807, 2.05) is 13.8 Å². The summed E-state index contributed by atoms with van der Waals surface area (Å²) in [4.78, 5) is 14.2. The van der Waals surface area contributed by atoms with Gasteiger partial charge in [0.1, 0.15) is 22.8 Å². The van der Waals surface area contributed by atoms with Crippen LogP contribution in [0.1, 0.15) is 37.8 Å². The summed E-state index contributed by atoms with van der Waals surface area (Å²) in [6, 6.07) is 5.96. The number of aromatic nitrogens is 1. The first-order chi connectivity index (χ1) is 12.7. The molecule has 2 rings (SSSR count). The van der Waals surface area contributed by atoms with Gasteiger partial charge in [-0.25, -0.2) is 4.98 Å². The molecule has 0 spiro atoms. The summed E-state index contributed by atoms with van der Waals surface area (Å²) in [7, 11) is 0. The molecule has 0 aliphatic rings. The number of unbranched alkanes of at least 4 members (excludes halogenated alkanes) is 1. The Morgan fingerprint density at radius 2 is 2.00 bits per heavy atom. The third-order valence-electron chi connectivity index (χ3n) is 3.52. The highest BCUT2D eigenvalue weighted by molar-refractivity contribution is 6.31. The van der Waals surface area contributed by atoms with Crippen molar-refractivity contribution >= 4 is 17.9 Å². The van der Waals surface area contributed by atoms with Gasteiger partial charge in [0.05, 0.1) is 11.7 Å². The summed E-state index contributed by atoms with van der Waals surface area (Å²) < 4.78 is 49.6. The summed E-state index contributed by atoms with van der Waals surface area (Å²) in [5, 5.41) is -0.251. The molecular weight excluding hydrogens is 383 g/mol. The number of halogens is 4. The van der Waals surface area contributed by atoms with Gasteiger partial charge in [-0.3, -0.25) is 0 Å². The standard InChI is InChI=1S/C19H19ClF3NO3/c1-12(2)26-15-7-6-13(5-3-4-8-25)17(10-15)27-18-16(20)9-14(11-24-18)19(21,22)23/h6-12H,3-5H2,1-2H3. The van der Waals surface area contributed by atoms with Crippen LogP contribution in [-0.4, -0.2) is 17.4 Å². The van der Waals surface area contributed by atoms with Crippen LogP contribution in [0.5, 0.6) is 17.4 Å². The second-order valence-corrected chi connectivity index (χ2v) is 6.51. The fourth-order valence-corrected chi connectivity index (χ4v) is 2.52. The Morgan fingerprint density at radius 1 is 1.26 bits per heavy atom. The Morgan fingerprint density at radius 3 is 2.59 bits per heavy atom. The van der Waals surface area contributed by atoms with Crippen LogP contribution < -0.4 is 9.47 Å². The van der Waals surface area contributed by atoms with E-state index in [-0.39, 0.29) is 17.0 Å². The van der Waals surface area contributed by atoms with E-state index in [4.69, 9.17) is 21.1 Å². The number of hydrogen-bond acceptors (Lipinski definition) is 4. The lowest BCUT2D eigenvalue weighted by atomic mass is 10.1. The lowest BCUT2D eigenvalue weighted by Gasteiger charge is -2.15. The number of carbonyl (C=O) groups is 1. The van der Waals surface area contributed by atoms with E-state index in [0.29, 0.717) is 37.0 Å². The van der Waals surface area contributed by atoms with E-state index < -0.39 is 11.7 Å². The molecule has 1 heterocycles. The normalized spacial score (nSPS) is 11.5. The minimum atomic E-state index is -4.54. The molecule has 8 heteroatoms. The van der Waals surface area contributed by atoms with Crippen molar-refractivity contribution in [3.63, 3.8) is 0 Å². The molecule has 4 nitrogen and oxygen atoms in total. The van der Waals surface area contributed by atoms with Gasteiger partial charge in [0, 0.05) is 18.7 Å². The van der Waals surface area contributed by atoms with E-state index >= 15 is 0 Å². The van der Waals surface area contributed by atoms with Crippen LogP contribution in [0.4, 0.5) is 13.2 Å². The highest BCUT2D eigenvalue weighted by Gasteiger charge is 2.31. The van der Waals surface area contributed by atoms with E-state index in [2.05, 4.69) is 4.98 Å². The molecule has 1 aromatic heterocycles. The van der Waals surface area contributed by atoms with E-state index in [0.717, 1.165) is 17.9 Å². The first kappa shape index (κ1) is 21.0. The predicted octanol–water partition coefficient (Wildman–Crippen LogP) is 5.85. The van der Waals surface area contributed by atoms with Crippen LogP contribution >= 0.6 is 11.6 Å². The molecule has 0 N–H and O–H groups in total. The minimum absolute atomic E-state index is 0.0634. The Balaban J connectivity index is 2.32. The summed E-state index contributed by atoms with van der Waals surface area (Å²) >= 11 is 5.92. The highest BCUT2D eigenvalue weighted by atomic mass is 35.5. The quantitative estimate of drug-likeness (QED) is 0.411. The van der Waals surface area contributed by atoms with Crippen LogP contribution in [-0.2, 0) is 17.4 Å². The van der Waals surface area contributed by atoms with Gasteiger partial charge >= 0.3 is 6.18 Å². The van der Waals surface area contributed by atoms with Crippen molar-refractivity contribution in [2.45, 2.75) is 45.4 Å². The number of aryl methyl sites for hydroxylation is 1. The molecule has 27 heavy (non-hydrogen) atoms. The highest BCUT2D eigenvalue weighted by Crippen LogP contribution is 2.36. The topological polar surface area (TPSA) is 48.4 Å². The molecule has 0 saturated carbocycles. The number of pyridine rings is 1. The number of alkyl halides is 3. The molecule has 0 aliphatic heterocycles. The van der Waals surface area contributed by atoms with Crippen molar-refractivity contribution < 1.29 is 27.4 Å². The van der Waals surface area contributed by atoms with Gasteiger partial charge in [0.15, 0.2) is 0 Å². The SMILES string of the molecule is CC(C)Oc1ccc(CCCC=O)c(Oc2ncc(C(F)(F)F)cc2Cl)c1.